The van der Waals surface area contributed by atoms with Crippen LogP contribution in [0, 0.1) is 6.92 Å². The van der Waals surface area contributed by atoms with Crippen LogP contribution in [-0.2, 0) is 16.6 Å². The van der Waals surface area contributed by atoms with Crippen LogP contribution in [-0.4, -0.2) is 41.5 Å². The monoisotopic (exact) mass is 314 g/mol. The molecule has 2 heterocycles. The fraction of sp³-hybridized carbons (Fsp3) is 0.786. The molecule has 0 aliphatic carbocycles. The van der Waals surface area contributed by atoms with Gasteiger partial charge in [-0.15, -0.1) is 0 Å². The van der Waals surface area contributed by atoms with Crippen LogP contribution >= 0.6 is 0 Å². The highest BCUT2D eigenvalue weighted by Gasteiger charge is 2.34. The summed E-state index contributed by atoms with van der Waals surface area (Å²) in [5.74, 6) is 0. The molecule has 1 aromatic heterocycles. The molecule has 0 bridgehead atoms. The van der Waals surface area contributed by atoms with Crippen LogP contribution < -0.4 is 5.32 Å². The van der Waals surface area contributed by atoms with Crippen molar-refractivity contribution in [2.24, 2.45) is 0 Å². The number of sulfonamides is 1. The summed E-state index contributed by atoms with van der Waals surface area (Å²) < 4.78 is 27.4. The van der Waals surface area contributed by atoms with E-state index in [9.17, 15) is 8.42 Å². The first-order valence-corrected chi connectivity index (χ1v) is 9.07. The number of rotatable bonds is 5. The van der Waals surface area contributed by atoms with E-state index in [1.54, 1.807) is 4.31 Å². The van der Waals surface area contributed by atoms with Crippen molar-refractivity contribution in [3.05, 3.63) is 11.3 Å². The molecule has 6 nitrogen and oxygen atoms in total. The Bertz CT molecular complexity index is 580. The Labute approximate surface area is 127 Å². The van der Waals surface area contributed by atoms with Crippen LogP contribution in [0.1, 0.15) is 51.3 Å². The molecule has 1 aliphatic heterocycles. The molecule has 0 saturated carbocycles. The molecule has 1 atom stereocenters. The molecule has 120 valence electrons. The van der Waals surface area contributed by atoms with E-state index < -0.39 is 10.0 Å². The zero-order chi connectivity index (χ0) is 15.6. The van der Waals surface area contributed by atoms with Gasteiger partial charge in [0.05, 0.1) is 0 Å². The maximum absolute atomic E-state index is 12.9. The van der Waals surface area contributed by atoms with E-state index >= 15 is 0 Å². The summed E-state index contributed by atoms with van der Waals surface area (Å²) in [5.41, 5.74) is 1.56. The van der Waals surface area contributed by atoms with Gasteiger partial charge in [0, 0.05) is 36.4 Å². The molecule has 7 heteroatoms. The predicted molar refractivity (Wildman–Crippen MR) is 82.5 cm³/mol. The lowest BCUT2D eigenvalue weighted by Gasteiger charge is -2.31. The zero-order valence-electron chi connectivity index (χ0n) is 13.3. The van der Waals surface area contributed by atoms with Crippen molar-refractivity contribution in [3.8, 4) is 0 Å². The van der Waals surface area contributed by atoms with Gasteiger partial charge in [0.2, 0.25) is 0 Å². The van der Waals surface area contributed by atoms with Gasteiger partial charge in [0.15, 0.2) is 5.03 Å². The highest BCUT2D eigenvalue weighted by molar-refractivity contribution is 7.89. The van der Waals surface area contributed by atoms with Crippen molar-refractivity contribution < 1.29 is 8.42 Å². The number of hydrogen-bond donors (Lipinski definition) is 2. The van der Waals surface area contributed by atoms with Crippen LogP contribution in [0.4, 0.5) is 0 Å². The third kappa shape index (κ3) is 3.46. The SMILES string of the molecule is Cc1[nH]nc(S(=O)(=O)N2CCCCC2C)c1CNC(C)C. The third-order valence-corrected chi connectivity index (χ3v) is 6.00. The minimum Gasteiger partial charge on any atom is -0.310 e. The second-order valence-corrected chi connectivity index (χ2v) is 7.93. The number of hydrogen-bond acceptors (Lipinski definition) is 4. The van der Waals surface area contributed by atoms with E-state index in [4.69, 9.17) is 0 Å². The summed E-state index contributed by atoms with van der Waals surface area (Å²) in [6.07, 6.45) is 2.93. The van der Waals surface area contributed by atoms with Crippen molar-refractivity contribution in [3.63, 3.8) is 0 Å². The van der Waals surface area contributed by atoms with Gasteiger partial charge in [0.1, 0.15) is 0 Å². The van der Waals surface area contributed by atoms with Crippen molar-refractivity contribution in [1.29, 1.82) is 0 Å². The minimum absolute atomic E-state index is 0.0478. The smallest absolute Gasteiger partial charge is 0.262 e. The first-order valence-electron chi connectivity index (χ1n) is 7.63. The van der Waals surface area contributed by atoms with Gasteiger partial charge in [-0.2, -0.15) is 9.40 Å². The first-order chi connectivity index (χ1) is 9.84. The largest absolute Gasteiger partial charge is 0.310 e. The van der Waals surface area contributed by atoms with Gasteiger partial charge in [-0.3, -0.25) is 5.10 Å². The van der Waals surface area contributed by atoms with Gasteiger partial charge in [0.25, 0.3) is 10.0 Å². The summed E-state index contributed by atoms with van der Waals surface area (Å²) in [6.45, 7) is 9.01. The molecule has 1 aromatic rings. The molecule has 2 N–H and O–H groups in total. The topological polar surface area (TPSA) is 78.1 Å². The molecule has 0 radical (unpaired) electrons. The number of aryl methyl sites for hydroxylation is 1. The minimum atomic E-state index is -3.52. The summed E-state index contributed by atoms with van der Waals surface area (Å²) in [5, 5.41) is 10.4. The zero-order valence-corrected chi connectivity index (χ0v) is 14.1. The van der Waals surface area contributed by atoms with E-state index in [1.807, 2.05) is 27.7 Å². The molecule has 21 heavy (non-hydrogen) atoms. The first kappa shape index (κ1) is 16.5. The molecule has 1 unspecified atom stereocenters. The Kier molecular flexibility index (Phi) is 5.06. The normalized spacial score (nSPS) is 21.1. The summed E-state index contributed by atoms with van der Waals surface area (Å²) >= 11 is 0. The fourth-order valence-corrected chi connectivity index (χ4v) is 4.57. The van der Waals surface area contributed by atoms with E-state index in [0.717, 1.165) is 30.5 Å². The predicted octanol–water partition coefficient (Wildman–Crippen LogP) is 1.78. The van der Waals surface area contributed by atoms with Crippen molar-refractivity contribution in [2.45, 2.75) is 70.6 Å². The van der Waals surface area contributed by atoms with Crippen LogP contribution in [0.5, 0.6) is 0 Å². The van der Waals surface area contributed by atoms with Gasteiger partial charge < -0.3 is 5.32 Å². The fourth-order valence-electron chi connectivity index (χ4n) is 2.70. The molecule has 0 spiro atoms. The van der Waals surface area contributed by atoms with Gasteiger partial charge in [-0.25, -0.2) is 8.42 Å². The summed E-state index contributed by atoms with van der Waals surface area (Å²) in [7, 11) is -3.52. The van der Waals surface area contributed by atoms with E-state index in [2.05, 4.69) is 15.5 Å². The number of nitrogens with zero attached hydrogens (tertiary/aromatic N) is 2. The molecular weight excluding hydrogens is 288 g/mol. The Morgan fingerprint density at radius 1 is 1.43 bits per heavy atom. The molecule has 1 fully saturated rings. The maximum Gasteiger partial charge on any atom is 0.262 e. The highest BCUT2D eigenvalue weighted by atomic mass is 32.2. The lowest BCUT2D eigenvalue weighted by molar-refractivity contribution is 0.267. The van der Waals surface area contributed by atoms with Crippen LogP contribution in [0.15, 0.2) is 5.03 Å². The molecule has 0 amide bonds. The quantitative estimate of drug-likeness (QED) is 0.868. The molecule has 1 aliphatic rings. The average Bonchev–Trinajstić information content (AvgIpc) is 2.78. The van der Waals surface area contributed by atoms with E-state index in [1.165, 1.54) is 0 Å². The standard InChI is InChI=1S/C14H26N4O2S/c1-10(2)15-9-13-12(4)16-17-14(13)21(19,20)18-8-6-5-7-11(18)3/h10-11,15H,5-9H2,1-4H3,(H,16,17). The van der Waals surface area contributed by atoms with Gasteiger partial charge >= 0.3 is 0 Å². The number of piperidine rings is 1. The van der Waals surface area contributed by atoms with Crippen molar-refractivity contribution in [2.75, 3.05) is 6.54 Å². The average molecular weight is 314 g/mol. The highest BCUT2D eigenvalue weighted by Crippen LogP contribution is 2.26. The van der Waals surface area contributed by atoms with Gasteiger partial charge in [-0.1, -0.05) is 20.3 Å². The Hall–Kier alpha value is -0.920. The maximum atomic E-state index is 12.9. The second kappa shape index (κ2) is 6.46. The summed E-state index contributed by atoms with van der Waals surface area (Å²) in [4.78, 5) is 0. The number of H-pyrrole nitrogens is 1. The molecule has 2 rings (SSSR count). The Morgan fingerprint density at radius 2 is 2.14 bits per heavy atom. The van der Waals surface area contributed by atoms with Gasteiger partial charge in [-0.05, 0) is 26.7 Å². The molecule has 0 aromatic carbocycles. The molecular formula is C14H26N4O2S. The lowest BCUT2D eigenvalue weighted by atomic mass is 10.1. The van der Waals surface area contributed by atoms with E-state index in [0.29, 0.717) is 19.1 Å². The van der Waals surface area contributed by atoms with Crippen molar-refractivity contribution >= 4 is 10.0 Å². The van der Waals surface area contributed by atoms with Crippen LogP contribution in [0.25, 0.3) is 0 Å². The lowest BCUT2D eigenvalue weighted by Crippen LogP contribution is -2.42. The Balaban J connectivity index is 2.31. The number of nitrogens with one attached hydrogen (secondary N) is 2. The Morgan fingerprint density at radius 3 is 2.76 bits per heavy atom. The third-order valence-electron chi connectivity index (χ3n) is 4.02. The second-order valence-electron chi connectivity index (χ2n) is 6.13. The van der Waals surface area contributed by atoms with E-state index in [-0.39, 0.29) is 11.1 Å². The summed E-state index contributed by atoms with van der Waals surface area (Å²) in [6, 6.07) is 0.343. The molecule has 1 saturated heterocycles. The number of aromatic nitrogens is 2. The van der Waals surface area contributed by atoms with Crippen molar-refractivity contribution in [1.82, 2.24) is 19.8 Å². The number of aromatic amines is 1. The van der Waals surface area contributed by atoms with Crippen LogP contribution in [0.3, 0.4) is 0 Å². The van der Waals surface area contributed by atoms with Crippen LogP contribution in [0.2, 0.25) is 0 Å².